The second-order valence-electron chi connectivity index (χ2n) is 3.81. The molecule has 0 spiro atoms. The summed E-state index contributed by atoms with van der Waals surface area (Å²) in [5, 5.41) is 5.86. The molecule has 1 aliphatic heterocycles. The fourth-order valence-corrected chi connectivity index (χ4v) is 1.30. The molecule has 0 saturated carbocycles. The lowest BCUT2D eigenvalue weighted by Gasteiger charge is -2.03. The molecule has 3 heteroatoms. The number of para-hydroxylation sites is 1. The number of anilines is 1. The Balaban J connectivity index is 0.000000280. The zero-order valence-electron chi connectivity index (χ0n) is 10.0. The summed E-state index contributed by atoms with van der Waals surface area (Å²) in [4.78, 5) is 11.1. The molecule has 0 atom stereocenters. The van der Waals surface area contributed by atoms with E-state index in [9.17, 15) is 4.79 Å². The fourth-order valence-electron chi connectivity index (χ4n) is 1.30. The van der Waals surface area contributed by atoms with Crippen LogP contribution in [0.3, 0.4) is 0 Å². The minimum Gasteiger partial charge on any atom is -0.325 e. The first-order chi connectivity index (χ1) is 7.77. The quantitative estimate of drug-likeness (QED) is 0.763. The molecule has 0 aliphatic carbocycles. The lowest BCUT2D eigenvalue weighted by Crippen LogP contribution is -2.23. The Morgan fingerprint density at radius 3 is 2.50 bits per heavy atom. The molecule has 2 N–H and O–H groups in total. The predicted octanol–water partition coefficient (Wildman–Crippen LogP) is 2.53. The maximum absolute atomic E-state index is 11.1. The number of rotatable bonds is 1. The van der Waals surface area contributed by atoms with Crippen LogP contribution in [0.15, 0.2) is 24.3 Å². The largest absolute Gasteiger partial charge is 0.325 e. The number of nitrogens with one attached hydrogen (secondary N) is 2. The average Bonchev–Trinajstić information content (AvgIpc) is 2.50. The van der Waals surface area contributed by atoms with E-state index >= 15 is 0 Å². The van der Waals surface area contributed by atoms with Gasteiger partial charge in [0.2, 0.25) is 5.91 Å². The molecule has 0 aromatic heterocycles. The van der Waals surface area contributed by atoms with Crippen molar-refractivity contribution in [2.24, 2.45) is 0 Å². The third-order valence-corrected chi connectivity index (χ3v) is 2.39. The van der Waals surface area contributed by atoms with Crippen LogP contribution in [0, 0.1) is 0 Å². The Morgan fingerprint density at radius 1 is 1.12 bits per heavy atom. The summed E-state index contributed by atoms with van der Waals surface area (Å²) in [6, 6.07) is 7.82. The number of carbonyl (C=O) groups excluding carboxylic acids is 1. The van der Waals surface area contributed by atoms with Gasteiger partial charge in [-0.15, -0.1) is 0 Å². The molecule has 88 valence electrons. The summed E-state index contributed by atoms with van der Waals surface area (Å²) < 4.78 is 0. The molecule has 2 rings (SSSR count). The monoisotopic (exact) mass is 220 g/mol. The van der Waals surface area contributed by atoms with Gasteiger partial charge in [-0.2, -0.15) is 0 Å². The van der Waals surface area contributed by atoms with Crippen molar-refractivity contribution >= 4 is 11.6 Å². The Hall–Kier alpha value is -1.35. The van der Waals surface area contributed by atoms with E-state index in [0.717, 1.165) is 17.8 Å². The third-order valence-electron chi connectivity index (χ3n) is 2.39. The summed E-state index contributed by atoms with van der Waals surface area (Å²) in [5.41, 5.74) is 2.07. The van der Waals surface area contributed by atoms with E-state index in [-0.39, 0.29) is 5.91 Å². The average molecular weight is 220 g/mol. The molecule has 16 heavy (non-hydrogen) atoms. The van der Waals surface area contributed by atoms with Gasteiger partial charge in [0.15, 0.2) is 0 Å². The first kappa shape index (κ1) is 12.7. The normalized spacial score (nSPS) is 14.0. The third kappa shape index (κ3) is 4.03. The zero-order valence-corrected chi connectivity index (χ0v) is 10.0. The van der Waals surface area contributed by atoms with Crippen molar-refractivity contribution in [3.63, 3.8) is 0 Å². The molecule has 0 radical (unpaired) electrons. The summed E-state index contributed by atoms with van der Waals surface area (Å²) in [6.07, 6.45) is 2.64. The fraction of sp³-hybridized carbons (Fsp3) is 0.462. The van der Waals surface area contributed by atoms with Crippen molar-refractivity contribution in [1.82, 2.24) is 5.32 Å². The molecule has 0 fully saturated rings. The molecule has 3 nitrogen and oxygen atoms in total. The topological polar surface area (TPSA) is 41.1 Å². The second kappa shape index (κ2) is 7.01. The van der Waals surface area contributed by atoms with Crippen molar-refractivity contribution < 1.29 is 4.79 Å². The summed E-state index contributed by atoms with van der Waals surface area (Å²) in [5.74, 6) is 0.0277. The molecule has 1 aromatic carbocycles. The van der Waals surface area contributed by atoms with Crippen molar-refractivity contribution in [2.45, 2.75) is 33.2 Å². The van der Waals surface area contributed by atoms with Gasteiger partial charge in [-0.05, 0) is 11.6 Å². The Kier molecular flexibility index (Phi) is 5.57. The Labute approximate surface area is 97.2 Å². The van der Waals surface area contributed by atoms with Gasteiger partial charge in [-0.25, -0.2) is 0 Å². The standard InChI is InChI=1S/C9H10N2O.C4H10/c12-9-6-10-5-7-3-1-2-4-8(7)11-9;1-3-4-2/h1-4,10H,5-6H2,(H,11,12);3-4H2,1-2H3. The lowest BCUT2D eigenvalue weighted by molar-refractivity contribution is -0.115. The second-order valence-corrected chi connectivity index (χ2v) is 3.81. The molecular weight excluding hydrogens is 200 g/mol. The molecule has 1 heterocycles. The number of carbonyl (C=O) groups is 1. The van der Waals surface area contributed by atoms with Crippen LogP contribution in [0.25, 0.3) is 0 Å². The van der Waals surface area contributed by atoms with E-state index < -0.39 is 0 Å². The van der Waals surface area contributed by atoms with E-state index in [1.807, 2.05) is 24.3 Å². The maximum atomic E-state index is 11.1. The van der Waals surface area contributed by atoms with E-state index in [0.29, 0.717) is 6.54 Å². The van der Waals surface area contributed by atoms with Gasteiger partial charge >= 0.3 is 0 Å². The van der Waals surface area contributed by atoms with Crippen molar-refractivity contribution in [3.05, 3.63) is 29.8 Å². The van der Waals surface area contributed by atoms with E-state index in [2.05, 4.69) is 24.5 Å². The van der Waals surface area contributed by atoms with Gasteiger partial charge < -0.3 is 10.6 Å². The van der Waals surface area contributed by atoms with Crippen LogP contribution in [0.5, 0.6) is 0 Å². The van der Waals surface area contributed by atoms with Crippen LogP contribution in [0.4, 0.5) is 5.69 Å². The lowest BCUT2D eigenvalue weighted by atomic mass is 10.2. The molecule has 1 aliphatic rings. The van der Waals surface area contributed by atoms with Crippen molar-refractivity contribution in [2.75, 3.05) is 11.9 Å². The van der Waals surface area contributed by atoms with Gasteiger partial charge in [0.25, 0.3) is 0 Å². The minimum atomic E-state index is 0.0277. The highest BCUT2D eigenvalue weighted by molar-refractivity contribution is 5.93. The first-order valence-electron chi connectivity index (χ1n) is 5.86. The summed E-state index contributed by atoms with van der Waals surface area (Å²) >= 11 is 0. The smallest absolute Gasteiger partial charge is 0.238 e. The van der Waals surface area contributed by atoms with Gasteiger partial charge in [0, 0.05) is 12.2 Å². The van der Waals surface area contributed by atoms with Crippen molar-refractivity contribution in [1.29, 1.82) is 0 Å². The molecule has 1 aromatic rings. The van der Waals surface area contributed by atoms with Crippen LogP contribution < -0.4 is 10.6 Å². The zero-order chi connectivity index (χ0) is 11.8. The SMILES string of the molecule is CCCC.O=C1CNCc2ccccc2N1. The highest BCUT2D eigenvalue weighted by Crippen LogP contribution is 2.15. The van der Waals surface area contributed by atoms with Crippen LogP contribution in [-0.4, -0.2) is 12.5 Å². The number of fused-ring (bicyclic) bond motifs is 1. The number of hydrogen-bond donors (Lipinski definition) is 2. The van der Waals surface area contributed by atoms with E-state index in [4.69, 9.17) is 0 Å². The number of unbranched alkanes of at least 4 members (excludes halogenated alkanes) is 1. The molecular formula is C13H20N2O. The molecule has 0 bridgehead atoms. The van der Waals surface area contributed by atoms with E-state index in [1.165, 1.54) is 12.8 Å². The number of amides is 1. The summed E-state index contributed by atoms with van der Waals surface area (Å²) in [7, 11) is 0. The molecule has 0 unspecified atom stereocenters. The van der Waals surface area contributed by atoms with Crippen LogP contribution in [0.2, 0.25) is 0 Å². The Morgan fingerprint density at radius 2 is 1.81 bits per heavy atom. The van der Waals surface area contributed by atoms with Gasteiger partial charge in [0.1, 0.15) is 0 Å². The van der Waals surface area contributed by atoms with Crippen LogP contribution in [-0.2, 0) is 11.3 Å². The van der Waals surface area contributed by atoms with E-state index in [1.54, 1.807) is 0 Å². The molecule has 0 saturated heterocycles. The van der Waals surface area contributed by atoms with Crippen LogP contribution in [0.1, 0.15) is 32.3 Å². The summed E-state index contributed by atoms with van der Waals surface area (Å²) in [6.45, 7) is 5.52. The minimum absolute atomic E-state index is 0.0277. The first-order valence-corrected chi connectivity index (χ1v) is 5.86. The Bertz CT molecular complexity index is 334. The predicted molar refractivity (Wildman–Crippen MR) is 67.4 cm³/mol. The highest BCUT2D eigenvalue weighted by Gasteiger charge is 2.09. The van der Waals surface area contributed by atoms with Gasteiger partial charge in [-0.3, -0.25) is 4.79 Å². The number of benzene rings is 1. The van der Waals surface area contributed by atoms with Gasteiger partial charge in [0.05, 0.1) is 6.54 Å². The maximum Gasteiger partial charge on any atom is 0.238 e. The number of hydrogen-bond acceptors (Lipinski definition) is 2. The highest BCUT2D eigenvalue weighted by atomic mass is 16.1. The van der Waals surface area contributed by atoms with Crippen molar-refractivity contribution in [3.8, 4) is 0 Å². The molecule has 1 amide bonds. The van der Waals surface area contributed by atoms with Gasteiger partial charge in [-0.1, -0.05) is 44.9 Å². The van der Waals surface area contributed by atoms with Crippen LogP contribution >= 0.6 is 0 Å².